The molecule has 0 atom stereocenters. The van der Waals surface area contributed by atoms with Gasteiger partial charge in [0.2, 0.25) is 5.91 Å². The van der Waals surface area contributed by atoms with Crippen molar-refractivity contribution in [1.29, 1.82) is 0 Å². The van der Waals surface area contributed by atoms with E-state index in [2.05, 4.69) is 27.7 Å². The van der Waals surface area contributed by atoms with Crippen molar-refractivity contribution in [3.05, 3.63) is 60.2 Å². The fourth-order valence-corrected chi connectivity index (χ4v) is 3.84. The van der Waals surface area contributed by atoms with Gasteiger partial charge in [-0.15, -0.1) is 0 Å². The lowest BCUT2D eigenvalue weighted by molar-refractivity contribution is -0.121. The topological polar surface area (TPSA) is 53.6 Å². The van der Waals surface area contributed by atoms with Crippen LogP contribution in [0.3, 0.4) is 0 Å². The van der Waals surface area contributed by atoms with Gasteiger partial charge in [0.1, 0.15) is 11.5 Å². The van der Waals surface area contributed by atoms with Crippen LogP contribution in [0.4, 0.5) is 0 Å². The molecule has 0 saturated carbocycles. The number of hydrogen-bond acceptors (Lipinski definition) is 4. The van der Waals surface area contributed by atoms with E-state index >= 15 is 0 Å². The molecule has 0 unspecified atom stereocenters. The van der Waals surface area contributed by atoms with Gasteiger partial charge in [0.25, 0.3) is 0 Å². The number of ether oxygens (including phenoxy) is 1. The van der Waals surface area contributed by atoms with E-state index < -0.39 is 0 Å². The third kappa shape index (κ3) is 9.53. The van der Waals surface area contributed by atoms with Crippen molar-refractivity contribution in [2.24, 2.45) is 0 Å². The molecule has 0 aliphatic carbocycles. The number of carbonyl (C=O) groups excluding carboxylic acids is 1. The van der Waals surface area contributed by atoms with Crippen LogP contribution in [-0.4, -0.2) is 43.5 Å². The highest BCUT2D eigenvalue weighted by atomic mass is 16.5. The highest BCUT2D eigenvalue weighted by Gasteiger charge is 2.11. The Balaban J connectivity index is 1.17. The summed E-state index contributed by atoms with van der Waals surface area (Å²) in [7, 11) is 0. The number of piperidine rings is 1. The fraction of sp³-hybridized carbons (Fsp3) is 0.500. The minimum Gasteiger partial charge on any atom is -0.457 e. The van der Waals surface area contributed by atoms with Crippen molar-refractivity contribution >= 4 is 5.91 Å². The summed E-state index contributed by atoms with van der Waals surface area (Å²) in [5.74, 6) is 1.91. The molecular weight excluding hydrogens is 386 g/mol. The van der Waals surface area contributed by atoms with Crippen molar-refractivity contribution in [3.8, 4) is 11.5 Å². The van der Waals surface area contributed by atoms with Crippen LogP contribution in [-0.2, 0) is 11.3 Å². The van der Waals surface area contributed by atoms with E-state index in [1.165, 1.54) is 24.8 Å². The highest BCUT2D eigenvalue weighted by molar-refractivity contribution is 5.76. The van der Waals surface area contributed by atoms with Crippen molar-refractivity contribution in [2.75, 3.05) is 32.7 Å². The largest absolute Gasteiger partial charge is 0.457 e. The van der Waals surface area contributed by atoms with E-state index in [-0.39, 0.29) is 5.91 Å². The molecule has 1 aliphatic heterocycles. The molecule has 0 spiro atoms. The van der Waals surface area contributed by atoms with Gasteiger partial charge in [-0.25, -0.2) is 0 Å². The van der Waals surface area contributed by atoms with E-state index in [9.17, 15) is 4.79 Å². The quantitative estimate of drug-likeness (QED) is 0.457. The zero-order chi connectivity index (χ0) is 21.6. The number of unbranched alkanes of at least 4 members (excludes halogenated alkanes) is 2. The summed E-state index contributed by atoms with van der Waals surface area (Å²) in [6.07, 6.45) is 7.84. The monoisotopic (exact) mass is 423 g/mol. The second-order valence-electron chi connectivity index (χ2n) is 8.30. The SMILES string of the molecule is O=C(CCN1CCCCC1)NCCCCCNCc1ccc(Oc2ccccc2)cc1. The van der Waals surface area contributed by atoms with E-state index in [0.29, 0.717) is 6.42 Å². The van der Waals surface area contributed by atoms with Gasteiger partial charge in [0.15, 0.2) is 0 Å². The second-order valence-corrected chi connectivity index (χ2v) is 8.30. The van der Waals surface area contributed by atoms with Gasteiger partial charge in [0, 0.05) is 26.1 Å². The molecule has 1 aliphatic rings. The fourth-order valence-electron chi connectivity index (χ4n) is 3.84. The first-order chi connectivity index (χ1) is 15.3. The standard InChI is InChI=1S/C26H37N3O2/c30-26(16-21-29-19-8-3-9-20-29)28-18-7-2-6-17-27-22-23-12-14-25(15-13-23)31-24-10-4-1-5-11-24/h1,4-5,10-15,27H,2-3,6-9,16-22H2,(H,28,30). The Bertz CT molecular complexity index is 743. The van der Waals surface area contributed by atoms with Crippen LogP contribution in [0, 0.1) is 0 Å². The number of amides is 1. The Labute approximate surface area is 187 Å². The number of nitrogens with zero attached hydrogens (tertiary/aromatic N) is 1. The van der Waals surface area contributed by atoms with Crippen molar-refractivity contribution in [3.63, 3.8) is 0 Å². The molecule has 2 N–H and O–H groups in total. The Hall–Kier alpha value is -2.37. The van der Waals surface area contributed by atoms with Crippen LogP contribution in [0.25, 0.3) is 0 Å². The first-order valence-electron chi connectivity index (χ1n) is 11.8. The summed E-state index contributed by atoms with van der Waals surface area (Å²) in [6, 6.07) is 18.1. The summed E-state index contributed by atoms with van der Waals surface area (Å²) in [6.45, 7) is 5.87. The predicted octanol–water partition coefficient (Wildman–Crippen LogP) is 4.73. The Morgan fingerprint density at radius 1 is 0.839 bits per heavy atom. The lowest BCUT2D eigenvalue weighted by Gasteiger charge is -2.25. The maximum absolute atomic E-state index is 11.9. The number of nitrogens with one attached hydrogen (secondary N) is 2. The smallest absolute Gasteiger partial charge is 0.221 e. The van der Waals surface area contributed by atoms with Crippen LogP contribution in [0.5, 0.6) is 11.5 Å². The van der Waals surface area contributed by atoms with Gasteiger partial charge in [-0.3, -0.25) is 4.79 Å². The van der Waals surface area contributed by atoms with Gasteiger partial charge >= 0.3 is 0 Å². The van der Waals surface area contributed by atoms with Crippen LogP contribution >= 0.6 is 0 Å². The maximum atomic E-state index is 11.9. The Kier molecular flexibility index (Phi) is 10.4. The minimum absolute atomic E-state index is 0.198. The molecule has 2 aromatic carbocycles. The molecule has 2 aromatic rings. The summed E-state index contributed by atoms with van der Waals surface area (Å²) in [4.78, 5) is 14.4. The van der Waals surface area contributed by atoms with Crippen LogP contribution < -0.4 is 15.4 Å². The lowest BCUT2D eigenvalue weighted by atomic mass is 10.1. The van der Waals surface area contributed by atoms with Crippen LogP contribution in [0.1, 0.15) is 50.5 Å². The summed E-state index contributed by atoms with van der Waals surface area (Å²) >= 11 is 0. The van der Waals surface area contributed by atoms with Crippen molar-refractivity contribution in [1.82, 2.24) is 15.5 Å². The molecular formula is C26H37N3O2. The molecule has 0 aromatic heterocycles. The van der Waals surface area contributed by atoms with Gasteiger partial charge in [-0.1, -0.05) is 43.2 Å². The maximum Gasteiger partial charge on any atom is 0.221 e. The van der Waals surface area contributed by atoms with Crippen molar-refractivity contribution < 1.29 is 9.53 Å². The molecule has 168 valence electrons. The third-order valence-corrected chi connectivity index (χ3v) is 5.69. The van der Waals surface area contributed by atoms with E-state index in [4.69, 9.17) is 4.74 Å². The molecule has 1 saturated heterocycles. The number of likely N-dealkylation sites (tertiary alicyclic amines) is 1. The van der Waals surface area contributed by atoms with Gasteiger partial charge < -0.3 is 20.3 Å². The molecule has 5 nitrogen and oxygen atoms in total. The Morgan fingerprint density at radius 3 is 2.32 bits per heavy atom. The van der Waals surface area contributed by atoms with Gasteiger partial charge in [-0.05, 0) is 75.1 Å². The summed E-state index contributed by atoms with van der Waals surface area (Å²) in [5, 5.41) is 6.56. The minimum atomic E-state index is 0.198. The first-order valence-corrected chi connectivity index (χ1v) is 11.8. The molecule has 0 bridgehead atoms. The number of benzene rings is 2. The zero-order valence-corrected chi connectivity index (χ0v) is 18.7. The van der Waals surface area contributed by atoms with E-state index in [1.54, 1.807) is 0 Å². The second kappa shape index (κ2) is 13.8. The van der Waals surface area contributed by atoms with Crippen LogP contribution in [0.15, 0.2) is 54.6 Å². The molecule has 5 heteroatoms. The lowest BCUT2D eigenvalue weighted by Crippen LogP contribution is -2.34. The number of carbonyl (C=O) groups is 1. The third-order valence-electron chi connectivity index (χ3n) is 5.69. The molecule has 31 heavy (non-hydrogen) atoms. The van der Waals surface area contributed by atoms with E-state index in [1.807, 2.05) is 42.5 Å². The number of hydrogen-bond donors (Lipinski definition) is 2. The highest BCUT2D eigenvalue weighted by Crippen LogP contribution is 2.21. The number of para-hydroxylation sites is 1. The Morgan fingerprint density at radius 2 is 1.55 bits per heavy atom. The molecule has 1 amide bonds. The molecule has 1 heterocycles. The van der Waals surface area contributed by atoms with Crippen LogP contribution in [0.2, 0.25) is 0 Å². The molecule has 0 radical (unpaired) electrons. The average molecular weight is 424 g/mol. The predicted molar refractivity (Wildman–Crippen MR) is 126 cm³/mol. The molecule has 1 fully saturated rings. The van der Waals surface area contributed by atoms with Gasteiger partial charge in [0.05, 0.1) is 0 Å². The van der Waals surface area contributed by atoms with E-state index in [0.717, 1.165) is 70.0 Å². The summed E-state index contributed by atoms with van der Waals surface area (Å²) < 4.78 is 5.82. The van der Waals surface area contributed by atoms with Gasteiger partial charge in [-0.2, -0.15) is 0 Å². The number of rotatable bonds is 13. The zero-order valence-electron chi connectivity index (χ0n) is 18.7. The summed E-state index contributed by atoms with van der Waals surface area (Å²) in [5.41, 5.74) is 1.25. The first kappa shape index (κ1) is 23.3. The normalized spacial score (nSPS) is 14.3. The molecule has 3 rings (SSSR count). The van der Waals surface area contributed by atoms with Crippen molar-refractivity contribution in [2.45, 2.75) is 51.5 Å². The average Bonchev–Trinajstić information content (AvgIpc) is 2.82.